The topological polar surface area (TPSA) is 94.5 Å². The minimum Gasteiger partial charge on any atom is -0.492 e. The van der Waals surface area contributed by atoms with Crippen molar-refractivity contribution < 1.29 is 46.8 Å². The predicted octanol–water partition coefficient (Wildman–Crippen LogP) is 5.43. The first kappa shape index (κ1) is 30.9. The van der Waals surface area contributed by atoms with Crippen LogP contribution in [0.15, 0.2) is 48.5 Å². The van der Waals surface area contributed by atoms with Gasteiger partial charge in [0.1, 0.15) is 18.1 Å². The molecule has 0 saturated carbocycles. The molecule has 0 aliphatic carbocycles. The van der Waals surface area contributed by atoms with Crippen LogP contribution in [0.3, 0.4) is 0 Å². The van der Waals surface area contributed by atoms with E-state index in [-0.39, 0.29) is 39.3 Å². The van der Waals surface area contributed by atoms with Gasteiger partial charge in [-0.3, -0.25) is 0 Å². The maximum Gasteiger partial charge on any atom is 0.419 e. The summed E-state index contributed by atoms with van der Waals surface area (Å²) in [4.78, 5) is 25.3. The quantitative estimate of drug-likeness (QED) is 0.283. The number of halogens is 3. The molecule has 1 N–H and O–H groups in total. The van der Waals surface area contributed by atoms with Gasteiger partial charge in [0.2, 0.25) is 0 Å². The highest BCUT2D eigenvalue weighted by Crippen LogP contribution is 2.36. The second-order valence-corrected chi connectivity index (χ2v) is 8.29. The third-order valence-corrected chi connectivity index (χ3v) is 5.41. The van der Waals surface area contributed by atoms with Crippen molar-refractivity contribution in [2.75, 3.05) is 39.5 Å². The lowest BCUT2D eigenvalue weighted by Crippen LogP contribution is -2.39. The molecule has 2 aromatic rings. The lowest BCUT2D eigenvalue weighted by Gasteiger charge is -2.23. The van der Waals surface area contributed by atoms with Gasteiger partial charge in [-0.1, -0.05) is 37.6 Å². The number of para-hydroxylation sites is 1. The number of nitrogens with zero attached hydrogens (tertiary/aromatic N) is 1. The van der Waals surface area contributed by atoms with E-state index in [9.17, 15) is 27.9 Å². The van der Waals surface area contributed by atoms with Crippen LogP contribution in [0.2, 0.25) is 0 Å². The van der Waals surface area contributed by atoms with Crippen LogP contribution in [0.25, 0.3) is 0 Å². The van der Waals surface area contributed by atoms with Crippen molar-refractivity contribution in [1.29, 1.82) is 0 Å². The van der Waals surface area contributed by atoms with Gasteiger partial charge in [0.05, 0.1) is 18.7 Å². The number of rotatable bonds is 16. The number of ether oxygens (including phenoxy) is 4. The third-order valence-electron chi connectivity index (χ3n) is 5.41. The number of benzene rings is 2. The Balaban J connectivity index is 1.99. The molecule has 0 fully saturated rings. The maximum absolute atomic E-state index is 13.3. The molecule has 1 atom stereocenters. The van der Waals surface area contributed by atoms with Crippen LogP contribution in [0.1, 0.15) is 37.8 Å². The number of carboxylic acid groups (broad SMARTS) is 1. The molecular formula is C27H34F3NO7. The first-order chi connectivity index (χ1) is 18.2. The van der Waals surface area contributed by atoms with Gasteiger partial charge in [-0.2, -0.15) is 13.2 Å². The van der Waals surface area contributed by atoms with Gasteiger partial charge in [0, 0.05) is 26.2 Å². The van der Waals surface area contributed by atoms with E-state index in [4.69, 9.17) is 18.9 Å². The van der Waals surface area contributed by atoms with E-state index in [1.807, 2.05) is 6.92 Å². The normalized spacial score (nSPS) is 12.1. The van der Waals surface area contributed by atoms with Crippen molar-refractivity contribution in [3.8, 4) is 11.5 Å². The Morgan fingerprint density at radius 2 is 1.66 bits per heavy atom. The Morgan fingerprint density at radius 1 is 0.974 bits per heavy atom. The fourth-order valence-electron chi connectivity index (χ4n) is 3.39. The number of carboxylic acids is 1. The van der Waals surface area contributed by atoms with Crippen molar-refractivity contribution >= 4 is 12.1 Å². The standard InChI is InChI=1S/C27H34F3NO7/c1-3-5-16-35-17-14-31(26(34)38-23-9-7-6-8-22(23)27(28,29)30)15-18-37-21-12-10-20(11-13-21)19-24(25(32)33)36-4-2/h6-13,24H,3-5,14-19H2,1-2H3,(H,32,33). The number of aliphatic carboxylic acids is 1. The van der Waals surface area contributed by atoms with Gasteiger partial charge in [-0.25, -0.2) is 9.59 Å². The van der Waals surface area contributed by atoms with Crippen LogP contribution >= 0.6 is 0 Å². The lowest BCUT2D eigenvalue weighted by molar-refractivity contribution is -0.150. The molecule has 8 nitrogen and oxygen atoms in total. The Bertz CT molecular complexity index is 999. The van der Waals surface area contributed by atoms with Gasteiger partial charge in [-0.15, -0.1) is 0 Å². The maximum atomic E-state index is 13.3. The SMILES string of the molecule is CCCCOCCN(CCOc1ccc(CC(OCC)C(=O)O)cc1)C(=O)Oc1ccccc1C(F)(F)F. The van der Waals surface area contributed by atoms with Crippen molar-refractivity contribution in [1.82, 2.24) is 4.90 Å². The fourth-order valence-corrected chi connectivity index (χ4v) is 3.39. The number of unbranched alkanes of at least 4 members (excludes halogenated alkanes) is 1. The molecule has 1 unspecified atom stereocenters. The van der Waals surface area contributed by atoms with E-state index in [0.717, 1.165) is 30.5 Å². The average Bonchev–Trinajstić information content (AvgIpc) is 2.87. The highest BCUT2D eigenvalue weighted by atomic mass is 19.4. The first-order valence-corrected chi connectivity index (χ1v) is 12.4. The molecular weight excluding hydrogens is 507 g/mol. The summed E-state index contributed by atoms with van der Waals surface area (Å²) in [5.74, 6) is -1.15. The van der Waals surface area contributed by atoms with Gasteiger partial charge >= 0.3 is 18.2 Å². The number of alkyl halides is 3. The fraction of sp³-hybridized carbons (Fsp3) is 0.481. The van der Waals surface area contributed by atoms with E-state index in [1.54, 1.807) is 31.2 Å². The van der Waals surface area contributed by atoms with Gasteiger partial charge in [-0.05, 0) is 43.2 Å². The molecule has 2 aromatic carbocycles. The molecule has 0 saturated heterocycles. The van der Waals surface area contributed by atoms with Crippen LogP contribution in [-0.2, 0) is 26.9 Å². The highest BCUT2D eigenvalue weighted by molar-refractivity contribution is 5.72. The largest absolute Gasteiger partial charge is 0.492 e. The Morgan fingerprint density at radius 3 is 2.29 bits per heavy atom. The molecule has 1 amide bonds. The molecule has 0 spiro atoms. The molecule has 0 aromatic heterocycles. The van der Waals surface area contributed by atoms with Crippen molar-refractivity contribution in [2.45, 2.75) is 45.4 Å². The van der Waals surface area contributed by atoms with Crippen LogP contribution in [0.5, 0.6) is 11.5 Å². The summed E-state index contributed by atoms with van der Waals surface area (Å²) in [6.45, 7) is 4.89. The van der Waals surface area contributed by atoms with Crippen LogP contribution in [0, 0.1) is 0 Å². The number of hydrogen-bond donors (Lipinski definition) is 1. The molecule has 38 heavy (non-hydrogen) atoms. The summed E-state index contributed by atoms with van der Waals surface area (Å²) < 4.78 is 61.4. The van der Waals surface area contributed by atoms with Crippen molar-refractivity contribution in [2.24, 2.45) is 0 Å². The van der Waals surface area contributed by atoms with E-state index >= 15 is 0 Å². The monoisotopic (exact) mass is 541 g/mol. The minimum absolute atomic E-state index is 0.0390. The number of carbonyl (C=O) groups excluding carboxylic acids is 1. The smallest absolute Gasteiger partial charge is 0.419 e. The molecule has 2 rings (SSSR count). The lowest BCUT2D eigenvalue weighted by atomic mass is 10.1. The second-order valence-electron chi connectivity index (χ2n) is 8.29. The van der Waals surface area contributed by atoms with Crippen LogP contribution < -0.4 is 9.47 Å². The van der Waals surface area contributed by atoms with E-state index in [0.29, 0.717) is 12.4 Å². The molecule has 0 aliphatic rings. The highest BCUT2D eigenvalue weighted by Gasteiger charge is 2.35. The summed E-state index contributed by atoms with van der Waals surface area (Å²) in [6.07, 6.45) is -4.59. The summed E-state index contributed by atoms with van der Waals surface area (Å²) in [6, 6.07) is 11.3. The number of amides is 1. The van der Waals surface area contributed by atoms with E-state index < -0.39 is 35.7 Å². The van der Waals surface area contributed by atoms with Crippen LogP contribution in [0.4, 0.5) is 18.0 Å². The second kappa shape index (κ2) is 15.8. The van der Waals surface area contributed by atoms with E-state index in [1.165, 1.54) is 17.0 Å². The molecule has 11 heteroatoms. The third kappa shape index (κ3) is 10.6. The Kier molecular flexibility index (Phi) is 12.9. The van der Waals surface area contributed by atoms with Crippen molar-refractivity contribution in [3.05, 3.63) is 59.7 Å². The summed E-state index contributed by atoms with van der Waals surface area (Å²) in [7, 11) is 0. The molecule has 0 aliphatic heterocycles. The zero-order chi connectivity index (χ0) is 28.0. The summed E-state index contributed by atoms with van der Waals surface area (Å²) >= 11 is 0. The molecule has 0 bridgehead atoms. The Hall–Kier alpha value is -3.31. The molecule has 0 heterocycles. The van der Waals surface area contributed by atoms with E-state index in [2.05, 4.69) is 0 Å². The van der Waals surface area contributed by atoms with Gasteiger partial charge < -0.3 is 29.0 Å². The molecule has 0 radical (unpaired) electrons. The van der Waals surface area contributed by atoms with Gasteiger partial charge in [0.25, 0.3) is 0 Å². The van der Waals surface area contributed by atoms with Gasteiger partial charge in [0.15, 0.2) is 6.10 Å². The number of hydrogen-bond acceptors (Lipinski definition) is 6. The zero-order valence-electron chi connectivity index (χ0n) is 21.5. The minimum atomic E-state index is -4.67. The average molecular weight is 542 g/mol. The summed E-state index contributed by atoms with van der Waals surface area (Å²) in [5, 5.41) is 9.23. The number of carbonyl (C=O) groups is 2. The van der Waals surface area contributed by atoms with Crippen molar-refractivity contribution in [3.63, 3.8) is 0 Å². The summed E-state index contributed by atoms with van der Waals surface area (Å²) in [5.41, 5.74) is -0.297. The van der Waals surface area contributed by atoms with Crippen LogP contribution in [-0.4, -0.2) is 67.7 Å². The Labute approximate surface area is 220 Å². The zero-order valence-corrected chi connectivity index (χ0v) is 21.5. The first-order valence-electron chi connectivity index (χ1n) is 12.4. The predicted molar refractivity (Wildman–Crippen MR) is 133 cm³/mol. The molecule has 210 valence electrons.